The Hall–Kier alpha value is -0.610. The molecule has 0 unspecified atom stereocenters. The van der Waals surface area contributed by atoms with Crippen LogP contribution in [0.25, 0.3) is 0 Å². The fourth-order valence-corrected chi connectivity index (χ4v) is 1.13. The van der Waals surface area contributed by atoms with E-state index in [-0.39, 0.29) is 0 Å². The lowest BCUT2D eigenvalue weighted by Crippen LogP contribution is -2.16. The SMILES string of the molecule is Fc1ccc(CNCCS)c(F)c1. The molecule has 0 fully saturated rings. The van der Waals surface area contributed by atoms with Crippen molar-refractivity contribution in [3.63, 3.8) is 0 Å². The molecule has 0 amide bonds. The van der Waals surface area contributed by atoms with Gasteiger partial charge in [0.1, 0.15) is 11.6 Å². The molecule has 0 saturated heterocycles. The van der Waals surface area contributed by atoms with Crippen molar-refractivity contribution in [2.45, 2.75) is 6.54 Å². The van der Waals surface area contributed by atoms with Crippen LogP contribution in [0.15, 0.2) is 18.2 Å². The van der Waals surface area contributed by atoms with Crippen molar-refractivity contribution < 1.29 is 8.78 Å². The molecule has 1 aromatic carbocycles. The van der Waals surface area contributed by atoms with Gasteiger partial charge in [0.05, 0.1) is 0 Å². The third kappa shape index (κ3) is 3.32. The molecule has 1 nitrogen and oxygen atoms in total. The summed E-state index contributed by atoms with van der Waals surface area (Å²) in [7, 11) is 0. The predicted molar refractivity (Wildman–Crippen MR) is 51.9 cm³/mol. The monoisotopic (exact) mass is 203 g/mol. The van der Waals surface area contributed by atoms with Gasteiger partial charge < -0.3 is 5.32 Å². The number of rotatable bonds is 4. The fourth-order valence-electron chi connectivity index (χ4n) is 0.967. The van der Waals surface area contributed by atoms with Crippen LogP contribution in [0, 0.1) is 11.6 Å². The first-order valence-electron chi connectivity index (χ1n) is 3.99. The van der Waals surface area contributed by atoms with E-state index in [4.69, 9.17) is 0 Å². The Morgan fingerprint density at radius 2 is 2.08 bits per heavy atom. The highest BCUT2D eigenvalue weighted by atomic mass is 32.1. The number of thiol groups is 1. The van der Waals surface area contributed by atoms with Gasteiger partial charge in [-0.05, 0) is 6.07 Å². The van der Waals surface area contributed by atoms with E-state index in [2.05, 4.69) is 17.9 Å². The maximum Gasteiger partial charge on any atom is 0.130 e. The van der Waals surface area contributed by atoms with Crippen molar-refractivity contribution in [2.24, 2.45) is 0 Å². The average Bonchev–Trinajstić information content (AvgIpc) is 2.09. The zero-order valence-electron chi connectivity index (χ0n) is 7.06. The number of hydrogen-bond acceptors (Lipinski definition) is 2. The summed E-state index contributed by atoms with van der Waals surface area (Å²) < 4.78 is 25.4. The van der Waals surface area contributed by atoms with Crippen LogP contribution in [0.2, 0.25) is 0 Å². The maximum absolute atomic E-state index is 13.0. The van der Waals surface area contributed by atoms with Crippen LogP contribution < -0.4 is 5.32 Å². The number of benzene rings is 1. The first kappa shape index (κ1) is 10.5. The normalized spacial score (nSPS) is 10.4. The van der Waals surface area contributed by atoms with Crippen LogP contribution in [0.5, 0.6) is 0 Å². The molecular formula is C9H11F2NS. The van der Waals surface area contributed by atoms with E-state index in [9.17, 15) is 8.78 Å². The largest absolute Gasteiger partial charge is 0.312 e. The van der Waals surface area contributed by atoms with Crippen molar-refractivity contribution in [3.8, 4) is 0 Å². The van der Waals surface area contributed by atoms with Crippen LogP contribution in [0.4, 0.5) is 8.78 Å². The first-order chi connectivity index (χ1) is 6.24. The highest BCUT2D eigenvalue weighted by Crippen LogP contribution is 2.08. The summed E-state index contributed by atoms with van der Waals surface area (Å²) in [6.45, 7) is 1.12. The van der Waals surface area contributed by atoms with E-state index in [0.29, 0.717) is 24.4 Å². The van der Waals surface area contributed by atoms with Gasteiger partial charge in [-0.1, -0.05) is 6.07 Å². The molecular weight excluding hydrogens is 192 g/mol. The number of hydrogen-bond donors (Lipinski definition) is 2. The Morgan fingerprint density at radius 3 is 2.69 bits per heavy atom. The highest BCUT2D eigenvalue weighted by molar-refractivity contribution is 7.80. The van der Waals surface area contributed by atoms with E-state index < -0.39 is 11.6 Å². The Labute approximate surface area is 81.6 Å². The molecule has 0 heterocycles. The van der Waals surface area contributed by atoms with Gasteiger partial charge in [-0.3, -0.25) is 0 Å². The quantitative estimate of drug-likeness (QED) is 0.563. The Bertz CT molecular complexity index is 278. The van der Waals surface area contributed by atoms with Crippen LogP contribution in [-0.4, -0.2) is 12.3 Å². The van der Waals surface area contributed by atoms with Gasteiger partial charge in [0.25, 0.3) is 0 Å². The molecule has 1 aromatic rings. The summed E-state index contributed by atoms with van der Waals surface area (Å²) in [5.41, 5.74) is 0.475. The Morgan fingerprint density at radius 1 is 1.31 bits per heavy atom. The van der Waals surface area contributed by atoms with E-state index in [1.54, 1.807) is 0 Å². The third-order valence-electron chi connectivity index (χ3n) is 1.62. The van der Waals surface area contributed by atoms with Crippen molar-refractivity contribution >= 4 is 12.6 Å². The Balaban J connectivity index is 2.56. The third-order valence-corrected chi connectivity index (χ3v) is 1.84. The lowest BCUT2D eigenvalue weighted by atomic mass is 10.2. The summed E-state index contributed by atoms with van der Waals surface area (Å²) in [4.78, 5) is 0. The van der Waals surface area contributed by atoms with Crippen molar-refractivity contribution in [1.82, 2.24) is 5.32 Å². The lowest BCUT2D eigenvalue weighted by Gasteiger charge is -2.03. The molecule has 0 aliphatic heterocycles. The van der Waals surface area contributed by atoms with E-state index in [1.807, 2.05) is 0 Å². The lowest BCUT2D eigenvalue weighted by molar-refractivity contribution is 0.563. The fraction of sp³-hybridized carbons (Fsp3) is 0.333. The Kier molecular flexibility index (Phi) is 4.18. The minimum absolute atomic E-state index is 0.409. The summed E-state index contributed by atoms with van der Waals surface area (Å²) in [6.07, 6.45) is 0. The second kappa shape index (κ2) is 5.19. The summed E-state index contributed by atoms with van der Waals surface area (Å²) in [6, 6.07) is 3.58. The molecule has 13 heavy (non-hydrogen) atoms. The van der Waals surface area contributed by atoms with Gasteiger partial charge in [0.2, 0.25) is 0 Å². The summed E-state index contributed by atoms with van der Waals surface area (Å²) >= 11 is 3.99. The topological polar surface area (TPSA) is 12.0 Å². The van der Waals surface area contributed by atoms with Crippen LogP contribution >= 0.6 is 12.6 Å². The molecule has 0 bridgehead atoms. The molecule has 4 heteroatoms. The van der Waals surface area contributed by atoms with Gasteiger partial charge in [0, 0.05) is 30.5 Å². The second-order valence-corrected chi connectivity index (χ2v) is 3.08. The van der Waals surface area contributed by atoms with Gasteiger partial charge >= 0.3 is 0 Å². The molecule has 0 aliphatic rings. The first-order valence-corrected chi connectivity index (χ1v) is 4.63. The highest BCUT2D eigenvalue weighted by Gasteiger charge is 2.01. The van der Waals surface area contributed by atoms with Crippen molar-refractivity contribution in [1.29, 1.82) is 0 Å². The molecule has 0 radical (unpaired) electrons. The van der Waals surface area contributed by atoms with Gasteiger partial charge in [-0.25, -0.2) is 8.78 Å². The number of halogens is 2. The van der Waals surface area contributed by atoms with Crippen LogP contribution in [-0.2, 0) is 6.54 Å². The van der Waals surface area contributed by atoms with Crippen LogP contribution in [0.1, 0.15) is 5.56 Å². The van der Waals surface area contributed by atoms with Crippen molar-refractivity contribution in [2.75, 3.05) is 12.3 Å². The van der Waals surface area contributed by atoms with Gasteiger partial charge in [-0.2, -0.15) is 12.6 Å². The van der Waals surface area contributed by atoms with Crippen LogP contribution in [0.3, 0.4) is 0 Å². The standard InChI is InChI=1S/C9H11F2NS/c10-8-2-1-7(9(11)5-8)6-12-3-4-13/h1-2,5,12-13H,3-4,6H2. The molecule has 1 rings (SSSR count). The second-order valence-electron chi connectivity index (χ2n) is 2.64. The van der Waals surface area contributed by atoms with E-state index in [0.717, 1.165) is 6.07 Å². The predicted octanol–water partition coefficient (Wildman–Crippen LogP) is 1.98. The maximum atomic E-state index is 13.0. The number of nitrogens with one attached hydrogen (secondary N) is 1. The summed E-state index contributed by atoms with van der Waals surface area (Å²) in [5.74, 6) is -0.356. The molecule has 72 valence electrons. The van der Waals surface area contributed by atoms with Crippen molar-refractivity contribution in [3.05, 3.63) is 35.4 Å². The molecule has 0 spiro atoms. The minimum atomic E-state index is -0.546. The minimum Gasteiger partial charge on any atom is -0.312 e. The van der Waals surface area contributed by atoms with Gasteiger partial charge in [-0.15, -0.1) is 0 Å². The zero-order chi connectivity index (χ0) is 9.68. The average molecular weight is 203 g/mol. The van der Waals surface area contributed by atoms with E-state index in [1.165, 1.54) is 12.1 Å². The molecule has 0 saturated carbocycles. The molecule has 0 aliphatic carbocycles. The van der Waals surface area contributed by atoms with Gasteiger partial charge in [0.15, 0.2) is 0 Å². The molecule has 0 aromatic heterocycles. The molecule has 0 atom stereocenters. The molecule has 1 N–H and O–H groups in total. The van der Waals surface area contributed by atoms with E-state index >= 15 is 0 Å². The zero-order valence-corrected chi connectivity index (χ0v) is 7.95. The summed E-state index contributed by atoms with van der Waals surface area (Å²) in [5, 5.41) is 2.97. The smallest absolute Gasteiger partial charge is 0.130 e.